The summed E-state index contributed by atoms with van der Waals surface area (Å²) in [6.45, 7) is 5.90. The number of hydrogen-bond acceptors (Lipinski definition) is 4. The van der Waals surface area contributed by atoms with Crippen LogP contribution in [0.5, 0.6) is 5.75 Å². The van der Waals surface area contributed by atoms with E-state index >= 15 is 0 Å². The first-order chi connectivity index (χ1) is 11.2. The van der Waals surface area contributed by atoms with Gasteiger partial charge < -0.3 is 14.8 Å². The molecule has 1 saturated heterocycles. The SMILES string of the molecule is COc1ccc(Cl)cc1NC(=O)[C@@H]1CCCN1C(=O)OC(C)(C)C. The van der Waals surface area contributed by atoms with Crippen LogP contribution in [0.1, 0.15) is 33.6 Å². The maximum Gasteiger partial charge on any atom is 0.410 e. The number of hydrogen-bond donors (Lipinski definition) is 1. The van der Waals surface area contributed by atoms with Gasteiger partial charge in [-0.3, -0.25) is 9.69 Å². The number of halogens is 1. The normalized spacial score (nSPS) is 17.5. The van der Waals surface area contributed by atoms with Gasteiger partial charge >= 0.3 is 6.09 Å². The molecule has 1 N–H and O–H groups in total. The number of nitrogens with one attached hydrogen (secondary N) is 1. The summed E-state index contributed by atoms with van der Waals surface area (Å²) in [5.74, 6) is 0.230. The number of rotatable bonds is 3. The molecule has 1 aromatic rings. The number of anilines is 1. The van der Waals surface area contributed by atoms with Gasteiger partial charge in [0.2, 0.25) is 5.91 Å². The quantitative estimate of drug-likeness (QED) is 0.898. The van der Waals surface area contributed by atoms with Gasteiger partial charge in [-0.05, 0) is 51.8 Å². The number of carbonyl (C=O) groups excluding carboxylic acids is 2. The van der Waals surface area contributed by atoms with E-state index in [0.717, 1.165) is 6.42 Å². The van der Waals surface area contributed by atoms with Crippen LogP contribution in [0.3, 0.4) is 0 Å². The van der Waals surface area contributed by atoms with Gasteiger partial charge in [-0.25, -0.2) is 4.79 Å². The van der Waals surface area contributed by atoms with Gasteiger partial charge in [0.25, 0.3) is 0 Å². The second-order valence-corrected chi connectivity index (χ2v) is 7.10. The number of nitrogens with zero attached hydrogens (tertiary/aromatic N) is 1. The molecule has 0 aliphatic carbocycles. The van der Waals surface area contributed by atoms with E-state index in [1.807, 2.05) is 0 Å². The lowest BCUT2D eigenvalue weighted by molar-refractivity contribution is -0.120. The third kappa shape index (κ3) is 4.54. The Morgan fingerprint density at radius 1 is 1.33 bits per heavy atom. The molecule has 0 spiro atoms. The van der Waals surface area contributed by atoms with E-state index in [1.54, 1.807) is 39.0 Å². The molecule has 1 heterocycles. The molecule has 24 heavy (non-hydrogen) atoms. The van der Waals surface area contributed by atoms with Crippen LogP contribution in [-0.2, 0) is 9.53 Å². The first-order valence-electron chi connectivity index (χ1n) is 7.85. The summed E-state index contributed by atoms with van der Waals surface area (Å²) in [5.41, 5.74) is -0.123. The predicted octanol–water partition coefficient (Wildman–Crippen LogP) is 3.69. The molecule has 0 aromatic heterocycles. The highest BCUT2D eigenvalue weighted by atomic mass is 35.5. The van der Waals surface area contributed by atoms with Crippen molar-refractivity contribution in [3.05, 3.63) is 23.2 Å². The van der Waals surface area contributed by atoms with Crippen LogP contribution in [0.15, 0.2) is 18.2 Å². The maximum absolute atomic E-state index is 12.6. The molecule has 1 aliphatic rings. The van der Waals surface area contributed by atoms with Crippen molar-refractivity contribution in [3.8, 4) is 5.75 Å². The van der Waals surface area contributed by atoms with E-state index in [1.165, 1.54) is 12.0 Å². The van der Waals surface area contributed by atoms with Crippen molar-refractivity contribution in [2.24, 2.45) is 0 Å². The Kier molecular flexibility index (Phi) is 5.59. The summed E-state index contributed by atoms with van der Waals surface area (Å²) in [4.78, 5) is 26.4. The van der Waals surface area contributed by atoms with Crippen molar-refractivity contribution < 1.29 is 19.1 Å². The Morgan fingerprint density at radius 3 is 2.67 bits per heavy atom. The van der Waals surface area contributed by atoms with E-state index in [0.29, 0.717) is 29.4 Å². The lowest BCUT2D eigenvalue weighted by Gasteiger charge is -2.28. The monoisotopic (exact) mass is 354 g/mol. The minimum atomic E-state index is -0.600. The number of methoxy groups -OCH3 is 1. The molecule has 1 aromatic carbocycles. The molecule has 0 radical (unpaired) electrons. The maximum atomic E-state index is 12.6. The highest BCUT2D eigenvalue weighted by Gasteiger charge is 2.36. The Morgan fingerprint density at radius 2 is 2.04 bits per heavy atom. The molecule has 6 nitrogen and oxygen atoms in total. The number of likely N-dealkylation sites (tertiary alicyclic amines) is 1. The minimum Gasteiger partial charge on any atom is -0.495 e. The van der Waals surface area contributed by atoms with Crippen LogP contribution < -0.4 is 10.1 Å². The van der Waals surface area contributed by atoms with Gasteiger partial charge in [0, 0.05) is 11.6 Å². The van der Waals surface area contributed by atoms with Gasteiger partial charge in [-0.2, -0.15) is 0 Å². The van der Waals surface area contributed by atoms with Gasteiger partial charge in [0.05, 0.1) is 12.8 Å². The average Bonchev–Trinajstić information content (AvgIpc) is 2.95. The molecule has 1 atom stereocenters. The summed E-state index contributed by atoms with van der Waals surface area (Å²) >= 11 is 5.98. The Hall–Kier alpha value is -1.95. The fourth-order valence-corrected chi connectivity index (χ4v) is 2.74. The zero-order valence-electron chi connectivity index (χ0n) is 14.4. The number of benzene rings is 1. The van der Waals surface area contributed by atoms with E-state index < -0.39 is 17.7 Å². The molecular weight excluding hydrogens is 332 g/mol. The van der Waals surface area contributed by atoms with Crippen molar-refractivity contribution in [3.63, 3.8) is 0 Å². The van der Waals surface area contributed by atoms with Crippen LogP contribution in [0, 0.1) is 0 Å². The van der Waals surface area contributed by atoms with Crippen LogP contribution in [0.4, 0.5) is 10.5 Å². The first-order valence-corrected chi connectivity index (χ1v) is 8.23. The van der Waals surface area contributed by atoms with Crippen molar-refractivity contribution in [1.29, 1.82) is 0 Å². The average molecular weight is 355 g/mol. The zero-order valence-corrected chi connectivity index (χ0v) is 15.1. The zero-order chi connectivity index (χ0) is 17.9. The van der Waals surface area contributed by atoms with E-state index in [-0.39, 0.29) is 5.91 Å². The van der Waals surface area contributed by atoms with Crippen molar-refractivity contribution >= 4 is 29.3 Å². The fraction of sp³-hybridized carbons (Fsp3) is 0.529. The Bertz CT molecular complexity index is 628. The van der Waals surface area contributed by atoms with E-state index in [9.17, 15) is 9.59 Å². The van der Waals surface area contributed by atoms with E-state index in [4.69, 9.17) is 21.1 Å². The van der Waals surface area contributed by atoms with Gasteiger partial charge in [-0.15, -0.1) is 0 Å². The van der Waals surface area contributed by atoms with Crippen molar-refractivity contribution in [2.75, 3.05) is 19.0 Å². The molecule has 132 valence electrons. The van der Waals surface area contributed by atoms with E-state index in [2.05, 4.69) is 5.32 Å². The molecule has 0 unspecified atom stereocenters. The topological polar surface area (TPSA) is 67.9 Å². The summed E-state index contributed by atoms with van der Waals surface area (Å²) in [6, 6.07) is 4.41. The lowest BCUT2D eigenvalue weighted by atomic mass is 10.2. The fourth-order valence-electron chi connectivity index (χ4n) is 2.57. The molecule has 2 amide bonds. The lowest BCUT2D eigenvalue weighted by Crippen LogP contribution is -2.45. The van der Waals surface area contributed by atoms with Crippen LogP contribution in [0.2, 0.25) is 5.02 Å². The van der Waals surface area contributed by atoms with Crippen LogP contribution >= 0.6 is 11.6 Å². The van der Waals surface area contributed by atoms with Crippen molar-refractivity contribution in [1.82, 2.24) is 4.90 Å². The standard InChI is InChI=1S/C17H23ClN2O4/c1-17(2,3)24-16(22)20-9-5-6-13(20)15(21)19-12-10-11(18)7-8-14(12)23-4/h7-8,10,13H,5-6,9H2,1-4H3,(H,19,21)/t13-/m0/s1. The number of amides is 2. The van der Waals surface area contributed by atoms with Gasteiger partial charge in [0.15, 0.2) is 0 Å². The third-order valence-electron chi connectivity index (χ3n) is 3.60. The molecule has 0 saturated carbocycles. The second-order valence-electron chi connectivity index (χ2n) is 6.67. The highest BCUT2D eigenvalue weighted by Crippen LogP contribution is 2.29. The smallest absolute Gasteiger partial charge is 0.410 e. The highest BCUT2D eigenvalue weighted by molar-refractivity contribution is 6.31. The van der Waals surface area contributed by atoms with Gasteiger partial charge in [-0.1, -0.05) is 11.6 Å². The van der Waals surface area contributed by atoms with Crippen LogP contribution in [-0.4, -0.2) is 42.2 Å². The molecule has 1 fully saturated rings. The number of ether oxygens (including phenoxy) is 2. The Labute approximate surface area is 147 Å². The Balaban J connectivity index is 2.11. The largest absolute Gasteiger partial charge is 0.495 e. The summed E-state index contributed by atoms with van der Waals surface area (Å²) in [6.07, 6.45) is 0.871. The summed E-state index contributed by atoms with van der Waals surface area (Å²) in [5, 5.41) is 3.28. The molecule has 1 aliphatic heterocycles. The molecule has 2 rings (SSSR count). The second kappa shape index (κ2) is 7.30. The third-order valence-corrected chi connectivity index (χ3v) is 3.84. The molecule has 0 bridgehead atoms. The minimum absolute atomic E-state index is 0.279. The first kappa shape index (κ1) is 18.4. The molecular formula is C17H23ClN2O4. The number of carbonyl (C=O) groups is 2. The van der Waals surface area contributed by atoms with Crippen molar-refractivity contribution in [2.45, 2.75) is 45.3 Å². The summed E-state index contributed by atoms with van der Waals surface area (Å²) < 4.78 is 10.6. The summed E-state index contributed by atoms with van der Waals surface area (Å²) in [7, 11) is 1.52. The van der Waals surface area contributed by atoms with Gasteiger partial charge in [0.1, 0.15) is 17.4 Å². The predicted molar refractivity (Wildman–Crippen MR) is 92.6 cm³/mol. The van der Waals surface area contributed by atoms with Crippen LogP contribution in [0.25, 0.3) is 0 Å². The molecule has 7 heteroatoms.